The Hall–Kier alpha value is -7.15. The minimum atomic E-state index is 0.638. The van der Waals surface area contributed by atoms with Crippen LogP contribution in [0.3, 0.4) is 0 Å². The molecule has 3 heteroatoms. The van der Waals surface area contributed by atoms with E-state index in [-0.39, 0.29) is 0 Å². The van der Waals surface area contributed by atoms with Crippen LogP contribution in [0.1, 0.15) is 0 Å². The quantitative estimate of drug-likeness (QED) is 0.166. The van der Waals surface area contributed by atoms with Gasteiger partial charge in [-0.3, -0.25) is 0 Å². The second-order valence-corrected chi connectivity index (χ2v) is 12.9. The number of hydrogen-bond donors (Lipinski definition) is 0. The van der Waals surface area contributed by atoms with E-state index in [0.29, 0.717) is 11.5 Å². The summed E-state index contributed by atoms with van der Waals surface area (Å²) < 4.78 is 0. The third-order valence-corrected chi connectivity index (χ3v) is 9.69. The molecule has 0 spiro atoms. The van der Waals surface area contributed by atoms with Crippen molar-refractivity contribution in [3.05, 3.63) is 199 Å². The lowest BCUT2D eigenvalue weighted by atomic mass is 9.87. The molecule has 8 aromatic carbocycles. The van der Waals surface area contributed by atoms with E-state index < -0.39 is 0 Å². The van der Waals surface area contributed by atoms with Crippen LogP contribution < -0.4 is 0 Å². The highest BCUT2D eigenvalue weighted by Gasteiger charge is 2.15. The molecule has 0 bridgehead atoms. The SMILES string of the molecule is [C-]#[N+]c1ccc(-c2cc(-c3cc4ccccc4cc3-c3ccc(-c4cc(-c5ccccc5)nc(-c5ccccc5)n4)cc3)cc3ccccc23)cc1. The van der Waals surface area contributed by atoms with E-state index in [1.807, 2.05) is 48.5 Å². The molecule has 0 aliphatic rings. The average molecular weight is 662 g/mol. The van der Waals surface area contributed by atoms with Crippen molar-refractivity contribution in [2.24, 2.45) is 0 Å². The van der Waals surface area contributed by atoms with Gasteiger partial charge in [0, 0.05) is 16.7 Å². The van der Waals surface area contributed by atoms with Gasteiger partial charge >= 0.3 is 0 Å². The van der Waals surface area contributed by atoms with E-state index in [9.17, 15) is 0 Å². The summed E-state index contributed by atoms with van der Waals surface area (Å²) in [5.41, 5.74) is 12.3. The molecule has 242 valence electrons. The van der Waals surface area contributed by atoms with Crippen LogP contribution in [0.4, 0.5) is 5.69 Å². The molecule has 0 radical (unpaired) electrons. The molecule has 3 nitrogen and oxygen atoms in total. The lowest BCUT2D eigenvalue weighted by Crippen LogP contribution is -1.96. The van der Waals surface area contributed by atoms with Crippen molar-refractivity contribution in [2.75, 3.05) is 0 Å². The molecule has 1 aromatic heterocycles. The molecule has 0 saturated carbocycles. The summed E-state index contributed by atoms with van der Waals surface area (Å²) in [5.74, 6) is 0.702. The predicted molar refractivity (Wildman–Crippen MR) is 216 cm³/mol. The van der Waals surface area contributed by atoms with Gasteiger partial charge in [0.05, 0.1) is 18.0 Å². The number of nitrogens with zero attached hydrogens (tertiary/aromatic N) is 3. The van der Waals surface area contributed by atoms with Gasteiger partial charge in [0.2, 0.25) is 0 Å². The standard InChI is InChI=1S/C49H31N3/c1-50-42-26-24-34(25-27-42)44-31-41(28-40-18-10-11-19-43(40)44)46-30-39-17-9-8-16-38(39)29-45(46)33-20-22-36(23-21-33)48-32-47(35-12-4-2-5-13-35)51-49(52-48)37-14-6-3-7-15-37/h2-32H. The fraction of sp³-hybridized carbons (Fsp3) is 0. The Kier molecular flexibility index (Phi) is 7.89. The van der Waals surface area contributed by atoms with E-state index in [1.54, 1.807) is 0 Å². The number of benzene rings is 8. The normalized spacial score (nSPS) is 11.1. The maximum absolute atomic E-state index is 7.44. The summed E-state index contributed by atoms with van der Waals surface area (Å²) in [5, 5.41) is 4.74. The molecule has 0 unspecified atom stereocenters. The summed E-state index contributed by atoms with van der Waals surface area (Å²) in [6.45, 7) is 7.44. The monoisotopic (exact) mass is 661 g/mol. The first-order valence-corrected chi connectivity index (χ1v) is 17.3. The molecule has 0 saturated heterocycles. The van der Waals surface area contributed by atoms with E-state index >= 15 is 0 Å². The van der Waals surface area contributed by atoms with E-state index in [0.717, 1.165) is 61.5 Å². The molecular formula is C49H31N3. The minimum absolute atomic E-state index is 0.638. The Morgan fingerprint density at radius 1 is 0.346 bits per heavy atom. The van der Waals surface area contributed by atoms with Crippen LogP contribution in [-0.2, 0) is 0 Å². The molecule has 9 aromatic rings. The molecule has 1 heterocycles. The second-order valence-electron chi connectivity index (χ2n) is 12.9. The second kappa shape index (κ2) is 13.3. The van der Waals surface area contributed by atoms with Crippen LogP contribution in [-0.4, -0.2) is 9.97 Å². The first kappa shape index (κ1) is 30.9. The van der Waals surface area contributed by atoms with Crippen molar-refractivity contribution in [1.29, 1.82) is 0 Å². The molecule has 9 rings (SSSR count). The fourth-order valence-corrected chi connectivity index (χ4v) is 7.03. The summed E-state index contributed by atoms with van der Waals surface area (Å²) in [7, 11) is 0. The molecule has 0 atom stereocenters. The summed E-state index contributed by atoms with van der Waals surface area (Å²) in [6, 6.07) is 65.5. The highest BCUT2D eigenvalue weighted by atomic mass is 14.9. The molecule has 0 aliphatic heterocycles. The van der Waals surface area contributed by atoms with Crippen molar-refractivity contribution in [1.82, 2.24) is 9.97 Å². The predicted octanol–water partition coefficient (Wildman–Crippen LogP) is 13.3. The number of fused-ring (bicyclic) bond motifs is 2. The van der Waals surface area contributed by atoms with Gasteiger partial charge < -0.3 is 0 Å². The first-order valence-electron chi connectivity index (χ1n) is 17.3. The zero-order valence-corrected chi connectivity index (χ0v) is 28.2. The highest BCUT2D eigenvalue weighted by molar-refractivity contribution is 6.03. The van der Waals surface area contributed by atoms with Gasteiger partial charge in [-0.25, -0.2) is 14.8 Å². The summed E-state index contributed by atoms with van der Waals surface area (Å²) in [4.78, 5) is 13.6. The van der Waals surface area contributed by atoms with Gasteiger partial charge in [-0.15, -0.1) is 0 Å². The molecule has 0 amide bonds. The van der Waals surface area contributed by atoms with Crippen LogP contribution in [0.2, 0.25) is 0 Å². The van der Waals surface area contributed by atoms with E-state index in [4.69, 9.17) is 16.5 Å². The van der Waals surface area contributed by atoms with Gasteiger partial charge in [0.25, 0.3) is 0 Å². The zero-order valence-electron chi connectivity index (χ0n) is 28.2. The van der Waals surface area contributed by atoms with Gasteiger partial charge in [0.1, 0.15) is 0 Å². The lowest BCUT2D eigenvalue weighted by molar-refractivity contribution is 1.18. The van der Waals surface area contributed by atoms with Gasteiger partial charge in [-0.1, -0.05) is 158 Å². The van der Waals surface area contributed by atoms with Crippen molar-refractivity contribution >= 4 is 27.2 Å². The van der Waals surface area contributed by atoms with Crippen LogP contribution in [0.5, 0.6) is 0 Å². The molecular weight excluding hydrogens is 631 g/mol. The molecule has 0 N–H and O–H groups in total. The van der Waals surface area contributed by atoms with Crippen LogP contribution in [0.25, 0.3) is 93.7 Å². The maximum atomic E-state index is 7.44. The summed E-state index contributed by atoms with van der Waals surface area (Å²) in [6.07, 6.45) is 0. The Morgan fingerprint density at radius 3 is 1.46 bits per heavy atom. The third-order valence-electron chi connectivity index (χ3n) is 9.69. The summed E-state index contributed by atoms with van der Waals surface area (Å²) >= 11 is 0. The van der Waals surface area contributed by atoms with Crippen LogP contribution in [0, 0.1) is 6.57 Å². The minimum Gasteiger partial charge on any atom is -0.238 e. The van der Waals surface area contributed by atoms with Gasteiger partial charge in [0.15, 0.2) is 11.5 Å². The maximum Gasteiger partial charge on any atom is 0.187 e. The largest absolute Gasteiger partial charge is 0.238 e. The van der Waals surface area contributed by atoms with Crippen molar-refractivity contribution in [3.63, 3.8) is 0 Å². The topological polar surface area (TPSA) is 30.1 Å². The molecule has 0 aliphatic carbocycles. The Labute approximate surface area is 303 Å². The van der Waals surface area contributed by atoms with Gasteiger partial charge in [-0.05, 0) is 85.3 Å². The third kappa shape index (κ3) is 5.89. The van der Waals surface area contributed by atoms with Crippen molar-refractivity contribution in [3.8, 4) is 67.3 Å². The molecule has 0 fully saturated rings. The number of rotatable bonds is 6. The number of aromatic nitrogens is 2. The zero-order chi connectivity index (χ0) is 34.9. The smallest absolute Gasteiger partial charge is 0.187 e. The highest BCUT2D eigenvalue weighted by Crippen LogP contribution is 2.41. The number of hydrogen-bond acceptors (Lipinski definition) is 2. The van der Waals surface area contributed by atoms with Crippen LogP contribution >= 0.6 is 0 Å². The van der Waals surface area contributed by atoms with Crippen molar-refractivity contribution < 1.29 is 0 Å². The van der Waals surface area contributed by atoms with Crippen LogP contribution in [0.15, 0.2) is 188 Å². The lowest BCUT2D eigenvalue weighted by Gasteiger charge is -2.16. The van der Waals surface area contributed by atoms with Gasteiger partial charge in [-0.2, -0.15) is 0 Å². The first-order chi connectivity index (χ1) is 25.7. The van der Waals surface area contributed by atoms with E-state index in [1.165, 1.54) is 21.5 Å². The van der Waals surface area contributed by atoms with E-state index in [2.05, 4.69) is 144 Å². The average Bonchev–Trinajstić information content (AvgIpc) is 3.23. The Balaban J connectivity index is 1.19. The van der Waals surface area contributed by atoms with Crippen molar-refractivity contribution in [2.45, 2.75) is 0 Å². The molecule has 52 heavy (non-hydrogen) atoms. The Bertz CT molecular complexity index is 2710. The fourth-order valence-electron chi connectivity index (χ4n) is 7.03. The Morgan fingerprint density at radius 2 is 0.827 bits per heavy atom.